The van der Waals surface area contributed by atoms with Crippen molar-refractivity contribution < 1.29 is 44.2 Å². The molecule has 0 saturated heterocycles. The molecular formula is C26H22ClF5N4O5S. The summed E-state index contributed by atoms with van der Waals surface area (Å²) in [5, 5.41) is 8.94. The van der Waals surface area contributed by atoms with Gasteiger partial charge in [0.05, 0.1) is 39.5 Å². The highest BCUT2D eigenvalue weighted by Gasteiger charge is 2.44. The van der Waals surface area contributed by atoms with Gasteiger partial charge < -0.3 is 20.7 Å². The molecule has 0 spiro atoms. The molecule has 0 aromatic heterocycles. The lowest BCUT2D eigenvalue weighted by Crippen LogP contribution is -2.43. The summed E-state index contributed by atoms with van der Waals surface area (Å²) in [7, 11) is -4.15. The highest BCUT2D eigenvalue weighted by molar-refractivity contribution is 7.86. The van der Waals surface area contributed by atoms with E-state index in [1.165, 1.54) is 18.2 Å². The molecule has 0 aliphatic carbocycles. The fourth-order valence-corrected chi connectivity index (χ4v) is 5.38. The van der Waals surface area contributed by atoms with E-state index in [0.717, 1.165) is 23.5 Å². The van der Waals surface area contributed by atoms with Crippen molar-refractivity contribution in [3.63, 3.8) is 0 Å². The lowest BCUT2D eigenvalue weighted by Gasteiger charge is -2.27. The van der Waals surface area contributed by atoms with Crippen LogP contribution in [-0.4, -0.2) is 32.5 Å². The van der Waals surface area contributed by atoms with E-state index < -0.39 is 51.3 Å². The number of nitrogens with one attached hydrogen (secondary N) is 3. The summed E-state index contributed by atoms with van der Waals surface area (Å²) in [6.07, 6.45) is -5.30. The predicted molar refractivity (Wildman–Crippen MR) is 145 cm³/mol. The molecule has 2 aliphatic heterocycles. The summed E-state index contributed by atoms with van der Waals surface area (Å²) in [4.78, 5) is 13.4. The standard InChI is InChI=1S/C26H22ClF5N4O5S/c1-25(2)11-14-21-19(34-24(36(21)41-42(3,38)39)35-20-16(27)5-4-6-18(20)29)10-13(22(14)40-25)23(37)33-12-7-8-17(28)15(9-12)26(30,31)32/h4-10,24,34-35H,11H2,1-3H3,(H,33,37). The Morgan fingerprint density at radius 1 is 1.17 bits per heavy atom. The van der Waals surface area contributed by atoms with Crippen LogP contribution in [0.5, 0.6) is 5.75 Å². The second-order valence-corrected chi connectivity index (χ2v) is 12.2. The van der Waals surface area contributed by atoms with Gasteiger partial charge >= 0.3 is 6.18 Å². The maximum atomic E-state index is 14.6. The number of carbonyl (C=O) groups excluding carboxylic acids is 1. The maximum Gasteiger partial charge on any atom is 0.419 e. The summed E-state index contributed by atoms with van der Waals surface area (Å²) in [6.45, 7) is 3.41. The molecule has 3 N–H and O–H groups in total. The molecule has 3 aromatic rings. The van der Waals surface area contributed by atoms with E-state index in [-0.39, 0.29) is 45.5 Å². The number of rotatable bonds is 6. The van der Waals surface area contributed by atoms with Crippen LogP contribution in [0.2, 0.25) is 5.02 Å². The summed E-state index contributed by atoms with van der Waals surface area (Å²) < 4.78 is 104. The molecule has 1 atom stereocenters. The first-order valence-corrected chi connectivity index (χ1v) is 14.4. The van der Waals surface area contributed by atoms with E-state index in [9.17, 15) is 35.2 Å². The second-order valence-electron chi connectivity index (χ2n) is 10.2. The molecular weight excluding hydrogens is 611 g/mol. The van der Waals surface area contributed by atoms with Gasteiger partial charge in [-0.15, -0.1) is 4.28 Å². The van der Waals surface area contributed by atoms with Gasteiger partial charge in [-0.1, -0.05) is 17.7 Å². The van der Waals surface area contributed by atoms with Gasteiger partial charge in [0.2, 0.25) is 6.29 Å². The molecule has 42 heavy (non-hydrogen) atoms. The molecule has 1 unspecified atom stereocenters. The quantitative estimate of drug-likeness (QED) is 0.279. The molecule has 0 radical (unpaired) electrons. The fraction of sp³-hybridized carbons (Fsp3) is 0.269. The summed E-state index contributed by atoms with van der Waals surface area (Å²) >= 11 is 6.15. The van der Waals surface area contributed by atoms with Crippen molar-refractivity contribution in [2.75, 3.05) is 27.3 Å². The van der Waals surface area contributed by atoms with Crippen molar-refractivity contribution >= 4 is 50.4 Å². The second kappa shape index (κ2) is 10.2. The zero-order valence-corrected chi connectivity index (χ0v) is 23.6. The minimum absolute atomic E-state index is 0.0145. The zero-order chi connectivity index (χ0) is 30.8. The maximum absolute atomic E-state index is 14.6. The van der Waals surface area contributed by atoms with Crippen LogP contribution < -0.4 is 25.8 Å². The van der Waals surface area contributed by atoms with Crippen LogP contribution in [0.3, 0.4) is 0 Å². The number of halogens is 6. The first-order chi connectivity index (χ1) is 19.4. The smallest absolute Gasteiger partial charge is 0.419 e. The lowest BCUT2D eigenvalue weighted by atomic mass is 9.97. The Kier molecular flexibility index (Phi) is 7.18. The highest BCUT2D eigenvalue weighted by Crippen LogP contribution is 2.50. The average molecular weight is 633 g/mol. The number of alkyl halides is 3. The predicted octanol–water partition coefficient (Wildman–Crippen LogP) is 6.12. The monoisotopic (exact) mass is 632 g/mol. The van der Waals surface area contributed by atoms with Crippen molar-refractivity contribution in [1.29, 1.82) is 0 Å². The Morgan fingerprint density at radius 3 is 2.52 bits per heavy atom. The van der Waals surface area contributed by atoms with E-state index in [4.69, 9.17) is 20.6 Å². The third-order valence-corrected chi connectivity index (χ3v) is 7.06. The number of anilines is 4. The lowest BCUT2D eigenvalue weighted by molar-refractivity contribution is -0.139. The Bertz CT molecular complexity index is 1700. The molecule has 0 bridgehead atoms. The molecule has 16 heteroatoms. The van der Waals surface area contributed by atoms with E-state index in [2.05, 4.69) is 16.0 Å². The molecule has 3 aromatic carbocycles. The van der Waals surface area contributed by atoms with Crippen LogP contribution in [0.1, 0.15) is 35.3 Å². The molecule has 2 heterocycles. The summed E-state index contributed by atoms with van der Waals surface area (Å²) in [5.41, 5.74) is -2.44. The molecule has 9 nitrogen and oxygen atoms in total. The zero-order valence-electron chi connectivity index (χ0n) is 22.0. The number of benzene rings is 3. The largest absolute Gasteiger partial charge is 0.486 e. The van der Waals surface area contributed by atoms with Gasteiger partial charge in [-0.3, -0.25) is 4.79 Å². The Morgan fingerprint density at radius 2 is 1.88 bits per heavy atom. The van der Waals surface area contributed by atoms with Crippen LogP contribution in [0.25, 0.3) is 0 Å². The first kappa shape index (κ1) is 29.7. The number of hydrogen-bond donors (Lipinski definition) is 3. The van der Waals surface area contributed by atoms with E-state index in [0.29, 0.717) is 17.7 Å². The molecule has 0 saturated carbocycles. The highest BCUT2D eigenvalue weighted by atomic mass is 35.5. The van der Waals surface area contributed by atoms with Gasteiger partial charge in [0.15, 0.2) is 0 Å². The van der Waals surface area contributed by atoms with Crippen molar-refractivity contribution in [2.45, 2.75) is 38.3 Å². The fourth-order valence-electron chi connectivity index (χ4n) is 4.71. The van der Waals surface area contributed by atoms with Crippen LogP contribution >= 0.6 is 11.6 Å². The van der Waals surface area contributed by atoms with Crippen LogP contribution in [0, 0.1) is 11.6 Å². The Hall–Kier alpha value is -3.82. The molecule has 224 valence electrons. The van der Waals surface area contributed by atoms with Gasteiger partial charge in [0, 0.05) is 17.7 Å². The van der Waals surface area contributed by atoms with Crippen molar-refractivity contribution in [1.82, 2.24) is 0 Å². The first-order valence-electron chi connectivity index (χ1n) is 12.2. The molecule has 5 rings (SSSR count). The minimum Gasteiger partial charge on any atom is -0.486 e. The number of hydrogen-bond acceptors (Lipinski definition) is 8. The minimum atomic E-state index is -5.00. The third-order valence-electron chi connectivity index (χ3n) is 6.31. The van der Waals surface area contributed by atoms with Gasteiger partial charge in [0.25, 0.3) is 16.0 Å². The Labute approximate surface area is 241 Å². The van der Waals surface area contributed by atoms with Gasteiger partial charge in [-0.25, -0.2) is 8.78 Å². The van der Waals surface area contributed by atoms with Crippen molar-refractivity contribution in [3.05, 3.63) is 75.8 Å². The summed E-state index contributed by atoms with van der Waals surface area (Å²) in [6, 6.07) is 7.21. The Balaban J connectivity index is 1.58. The van der Waals surface area contributed by atoms with Crippen molar-refractivity contribution in [2.24, 2.45) is 0 Å². The number of amides is 1. The number of fused-ring (bicyclic) bond motifs is 3. The SMILES string of the molecule is CC1(C)Cc2c(c(C(=O)Nc3ccc(F)c(C(F)(F)F)c3)cc3c2N(OS(C)(=O)=O)C(Nc2c(F)cccc2Cl)N3)O1. The summed E-state index contributed by atoms with van der Waals surface area (Å²) in [5.74, 6) is -3.13. The number of nitrogens with zero attached hydrogens (tertiary/aromatic N) is 1. The number of ether oxygens (including phenoxy) is 1. The van der Waals surface area contributed by atoms with Crippen molar-refractivity contribution in [3.8, 4) is 5.75 Å². The van der Waals surface area contributed by atoms with Crippen LogP contribution in [0.15, 0.2) is 42.5 Å². The van der Waals surface area contributed by atoms with Gasteiger partial charge in [-0.2, -0.15) is 26.7 Å². The topological polar surface area (TPSA) is 109 Å². The van der Waals surface area contributed by atoms with Gasteiger partial charge in [0.1, 0.15) is 23.0 Å². The van der Waals surface area contributed by atoms with E-state index in [1.807, 2.05) is 0 Å². The molecule has 2 aliphatic rings. The van der Waals surface area contributed by atoms with Crippen LogP contribution in [0.4, 0.5) is 44.7 Å². The van der Waals surface area contributed by atoms with E-state index >= 15 is 0 Å². The number of carbonyl (C=O) groups is 1. The van der Waals surface area contributed by atoms with E-state index in [1.54, 1.807) is 13.8 Å². The normalized spacial score (nSPS) is 17.3. The number of para-hydroxylation sites is 1. The molecule has 0 fully saturated rings. The third kappa shape index (κ3) is 5.76. The van der Waals surface area contributed by atoms with Gasteiger partial charge in [-0.05, 0) is 50.2 Å². The molecule has 1 amide bonds. The number of hydroxylamine groups is 1. The average Bonchev–Trinajstić information content (AvgIpc) is 3.35. The van der Waals surface area contributed by atoms with Crippen LogP contribution in [-0.2, 0) is 27.0 Å².